The molecule has 0 saturated heterocycles. The van der Waals surface area contributed by atoms with Crippen LogP contribution in [0.15, 0.2) is 61.2 Å². The van der Waals surface area contributed by atoms with Crippen LogP contribution in [0.25, 0.3) is 76.3 Å². The van der Waals surface area contributed by atoms with Crippen LogP contribution in [0.4, 0.5) is 0 Å². The largest absolute Gasteiger partial charge is 0.342 e. The molecule has 4 aromatic carbocycles. The van der Waals surface area contributed by atoms with Crippen molar-refractivity contribution in [3.05, 3.63) is 72.8 Å². The third-order valence-corrected chi connectivity index (χ3v) is 8.09. The Morgan fingerprint density at radius 2 is 1.13 bits per heavy atom. The molecule has 0 amide bonds. The summed E-state index contributed by atoms with van der Waals surface area (Å²) in [5.74, 6) is 2.23. The smallest absolute Gasteiger partial charge is 0.110 e. The van der Waals surface area contributed by atoms with Gasteiger partial charge in [0.05, 0.1) is 46.9 Å². The highest BCUT2D eigenvalue weighted by atomic mass is 15.1. The first-order valence-electron chi connectivity index (χ1n) is 13.2. The van der Waals surface area contributed by atoms with Gasteiger partial charge in [-0.2, -0.15) is 20.4 Å². The SMILES string of the molecule is CCC(C)c1nc2c3cnncc3c3cc(-c4ccc5c(c4)c4cnncc4c4nc(C)[nH]c54)ccc3c2[nH]1. The maximum atomic E-state index is 4.99. The number of H-pyrrole nitrogens is 2. The van der Waals surface area contributed by atoms with Crippen molar-refractivity contribution in [1.29, 1.82) is 0 Å². The standard InChI is InChI=1S/C31H24N8/c1-4-15(2)31-38-28-20-8-6-18(10-22(20)24-12-33-35-14-26(24)30(28)39-31)17-5-7-19-21(9-17)23-11-32-34-13-25(23)29-27(19)36-16(3)37-29/h5-15H,4H2,1-3H3,(H,36,37)(H,38,39). The topological polar surface area (TPSA) is 109 Å². The van der Waals surface area contributed by atoms with Gasteiger partial charge < -0.3 is 9.97 Å². The van der Waals surface area contributed by atoms with Crippen LogP contribution < -0.4 is 0 Å². The Bertz CT molecular complexity index is 2260. The highest BCUT2D eigenvalue weighted by Gasteiger charge is 2.17. The van der Waals surface area contributed by atoms with Gasteiger partial charge >= 0.3 is 0 Å². The van der Waals surface area contributed by atoms with E-state index in [1.165, 1.54) is 0 Å². The second kappa shape index (κ2) is 8.01. The lowest BCUT2D eigenvalue weighted by atomic mass is 9.94. The molecule has 0 aliphatic carbocycles. The molecule has 1 unspecified atom stereocenters. The van der Waals surface area contributed by atoms with Gasteiger partial charge in [0.1, 0.15) is 11.6 Å². The van der Waals surface area contributed by atoms with Crippen LogP contribution >= 0.6 is 0 Å². The van der Waals surface area contributed by atoms with E-state index >= 15 is 0 Å². The summed E-state index contributed by atoms with van der Waals surface area (Å²) in [4.78, 5) is 16.8. The zero-order valence-electron chi connectivity index (χ0n) is 21.7. The summed E-state index contributed by atoms with van der Waals surface area (Å²) in [7, 11) is 0. The van der Waals surface area contributed by atoms with Crippen molar-refractivity contribution in [2.75, 3.05) is 0 Å². The minimum absolute atomic E-state index is 0.346. The molecule has 8 aromatic rings. The molecular formula is C31H24N8. The monoisotopic (exact) mass is 508 g/mol. The van der Waals surface area contributed by atoms with Crippen molar-refractivity contribution in [1.82, 2.24) is 40.3 Å². The molecule has 8 nitrogen and oxygen atoms in total. The van der Waals surface area contributed by atoms with Crippen LogP contribution in [0.5, 0.6) is 0 Å². The number of benzene rings is 4. The second-order valence-corrected chi connectivity index (χ2v) is 10.4. The third-order valence-electron chi connectivity index (χ3n) is 8.09. The van der Waals surface area contributed by atoms with Crippen molar-refractivity contribution < 1.29 is 0 Å². The van der Waals surface area contributed by atoms with Crippen LogP contribution in [0.2, 0.25) is 0 Å². The highest BCUT2D eigenvalue weighted by molar-refractivity contribution is 6.25. The van der Waals surface area contributed by atoms with Gasteiger partial charge in [-0.1, -0.05) is 38.1 Å². The number of hydrogen-bond acceptors (Lipinski definition) is 6. The zero-order chi connectivity index (χ0) is 26.2. The van der Waals surface area contributed by atoms with E-state index in [9.17, 15) is 0 Å². The van der Waals surface area contributed by atoms with Crippen molar-refractivity contribution in [3.63, 3.8) is 0 Å². The van der Waals surface area contributed by atoms with Crippen molar-refractivity contribution in [3.8, 4) is 11.1 Å². The van der Waals surface area contributed by atoms with E-state index in [1.54, 1.807) is 6.20 Å². The average Bonchev–Trinajstić information content (AvgIpc) is 3.61. The molecule has 1 atom stereocenters. The molecule has 8 heteroatoms. The van der Waals surface area contributed by atoms with Crippen LogP contribution in [0.3, 0.4) is 0 Å². The Balaban J connectivity index is 1.41. The second-order valence-electron chi connectivity index (χ2n) is 10.4. The molecule has 4 heterocycles. The molecule has 0 aliphatic rings. The maximum Gasteiger partial charge on any atom is 0.110 e. The summed E-state index contributed by atoms with van der Waals surface area (Å²) >= 11 is 0. The molecule has 4 aromatic heterocycles. The molecule has 2 N–H and O–H groups in total. The Hall–Kier alpha value is -4.98. The molecular weight excluding hydrogens is 484 g/mol. The third kappa shape index (κ3) is 3.11. The summed E-state index contributed by atoms with van der Waals surface area (Å²) in [6.45, 7) is 6.37. The van der Waals surface area contributed by atoms with Crippen LogP contribution in [0.1, 0.15) is 37.8 Å². The number of fused-ring (bicyclic) bond motifs is 12. The first-order chi connectivity index (χ1) is 19.1. The van der Waals surface area contributed by atoms with Crippen LogP contribution in [-0.4, -0.2) is 40.3 Å². The lowest BCUT2D eigenvalue weighted by Crippen LogP contribution is -1.93. The van der Waals surface area contributed by atoms with Gasteiger partial charge in [-0.3, -0.25) is 0 Å². The Morgan fingerprint density at radius 3 is 1.69 bits per heavy atom. The summed E-state index contributed by atoms with van der Waals surface area (Å²) in [5.41, 5.74) is 6.20. The van der Waals surface area contributed by atoms with Crippen LogP contribution in [-0.2, 0) is 0 Å². The molecule has 0 fully saturated rings. The van der Waals surface area contributed by atoms with E-state index in [-0.39, 0.29) is 0 Å². The molecule has 0 saturated carbocycles. The van der Waals surface area contributed by atoms with E-state index in [4.69, 9.17) is 9.97 Å². The minimum atomic E-state index is 0.346. The lowest BCUT2D eigenvalue weighted by molar-refractivity contribution is 0.692. The summed E-state index contributed by atoms with van der Waals surface area (Å²) in [6.07, 6.45) is 8.33. The minimum Gasteiger partial charge on any atom is -0.342 e. The highest BCUT2D eigenvalue weighted by Crippen LogP contribution is 2.39. The predicted octanol–water partition coefficient (Wildman–Crippen LogP) is 7.12. The molecule has 0 bridgehead atoms. The fourth-order valence-electron chi connectivity index (χ4n) is 5.87. The number of nitrogens with zero attached hydrogens (tertiary/aromatic N) is 6. The van der Waals surface area contributed by atoms with Crippen LogP contribution in [0, 0.1) is 6.92 Å². The van der Waals surface area contributed by atoms with E-state index in [1.807, 2.05) is 25.5 Å². The first-order valence-corrected chi connectivity index (χ1v) is 13.2. The van der Waals surface area contributed by atoms with E-state index in [2.05, 4.69) is 80.6 Å². The Labute approximate surface area is 222 Å². The van der Waals surface area contributed by atoms with Gasteiger partial charge in [-0.15, -0.1) is 0 Å². The molecule has 8 rings (SSSR count). The predicted molar refractivity (Wildman–Crippen MR) is 156 cm³/mol. The van der Waals surface area contributed by atoms with Gasteiger partial charge in [-0.25, -0.2) is 9.97 Å². The first kappa shape index (κ1) is 22.0. The number of imidazole rings is 2. The van der Waals surface area contributed by atoms with E-state index in [0.717, 1.165) is 94.4 Å². The Morgan fingerprint density at radius 1 is 0.615 bits per heavy atom. The van der Waals surface area contributed by atoms with Crippen molar-refractivity contribution >= 4 is 65.2 Å². The van der Waals surface area contributed by atoms with Gasteiger partial charge in [-0.05, 0) is 47.4 Å². The molecule has 188 valence electrons. The van der Waals surface area contributed by atoms with E-state index < -0.39 is 0 Å². The average molecular weight is 509 g/mol. The normalized spacial score (nSPS) is 13.0. The van der Waals surface area contributed by atoms with Gasteiger partial charge in [0, 0.05) is 38.2 Å². The number of nitrogens with one attached hydrogen (secondary N) is 2. The fourth-order valence-corrected chi connectivity index (χ4v) is 5.87. The Kier molecular flexibility index (Phi) is 4.53. The molecule has 39 heavy (non-hydrogen) atoms. The molecule has 0 radical (unpaired) electrons. The molecule has 0 spiro atoms. The molecule has 0 aliphatic heterocycles. The van der Waals surface area contributed by atoms with Gasteiger partial charge in [0.15, 0.2) is 0 Å². The number of aromatic amines is 2. The van der Waals surface area contributed by atoms with E-state index in [0.29, 0.717) is 5.92 Å². The number of aromatic nitrogens is 8. The van der Waals surface area contributed by atoms with Crippen molar-refractivity contribution in [2.24, 2.45) is 0 Å². The lowest BCUT2D eigenvalue weighted by Gasteiger charge is -2.11. The number of hydrogen-bond donors (Lipinski definition) is 2. The fraction of sp³-hybridized carbons (Fsp3) is 0.161. The maximum absolute atomic E-state index is 4.99. The number of aryl methyl sites for hydroxylation is 1. The zero-order valence-corrected chi connectivity index (χ0v) is 21.7. The summed E-state index contributed by atoms with van der Waals surface area (Å²) in [6, 6.07) is 13.2. The summed E-state index contributed by atoms with van der Waals surface area (Å²) in [5, 5.41) is 25.3. The van der Waals surface area contributed by atoms with Gasteiger partial charge in [0.2, 0.25) is 0 Å². The number of rotatable bonds is 3. The van der Waals surface area contributed by atoms with Crippen molar-refractivity contribution in [2.45, 2.75) is 33.1 Å². The quantitative estimate of drug-likeness (QED) is 0.246. The van der Waals surface area contributed by atoms with Gasteiger partial charge in [0.25, 0.3) is 0 Å². The summed E-state index contributed by atoms with van der Waals surface area (Å²) < 4.78 is 0.